The summed E-state index contributed by atoms with van der Waals surface area (Å²) in [5, 5.41) is 3.05. The van der Waals surface area contributed by atoms with Crippen molar-refractivity contribution in [3.8, 4) is 0 Å². The van der Waals surface area contributed by atoms with Crippen molar-refractivity contribution in [1.29, 1.82) is 0 Å². The Labute approximate surface area is 103 Å². The van der Waals surface area contributed by atoms with E-state index in [4.69, 9.17) is 4.42 Å². The number of anilines is 1. The van der Waals surface area contributed by atoms with Crippen LogP contribution in [-0.4, -0.2) is 13.1 Å². The smallest absolute Gasteiger partial charge is 0.341 e. The zero-order valence-corrected chi connectivity index (χ0v) is 9.77. The quantitative estimate of drug-likeness (QED) is 0.846. The summed E-state index contributed by atoms with van der Waals surface area (Å²) < 4.78 is 22.4. The molecule has 0 radical (unpaired) electrons. The summed E-state index contributed by atoms with van der Waals surface area (Å²) in [6.07, 6.45) is 1.34. The first-order chi connectivity index (χ1) is 8.69. The number of nitrogens with one attached hydrogen (secondary N) is 1. The third kappa shape index (κ3) is 2.88. The first-order valence-corrected chi connectivity index (χ1v) is 5.34. The summed E-state index contributed by atoms with van der Waals surface area (Å²) in [6, 6.07) is 7.58. The van der Waals surface area contributed by atoms with E-state index in [1.165, 1.54) is 25.5 Å². The molecule has 1 heterocycles. The molecule has 0 saturated carbocycles. The molecule has 0 amide bonds. The molecule has 0 saturated heterocycles. The van der Waals surface area contributed by atoms with Gasteiger partial charge >= 0.3 is 5.97 Å². The van der Waals surface area contributed by atoms with Crippen molar-refractivity contribution >= 4 is 11.7 Å². The molecule has 0 fully saturated rings. The summed E-state index contributed by atoms with van der Waals surface area (Å²) in [4.78, 5) is 11.2. The molecule has 0 spiro atoms. The maximum atomic E-state index is 12.7. The van der Waals surface area contributed by atoms with E-state index in [9.17, 15) is 9.18 Å². The Morgan fingerprint density at radius 1 is 1.39 bits per heavy atom. The summed E-state index contributed by atoms with van der Waals surface area (Å²) >= 11 is 0. The van der Waals surface area contributed by atoms with Crippen LogP contribution in [0.25, 0.3) is 0 Å². The second kappa shape index (κ2) is 5.35. The predicted molar refractivity (Wildman–Crippen MR) is 63.8 cm³/mol. The van der Waals surface area contributed by atoms with E-state index in [0.717, 1.165) is 5.69 Å². The van der Waals surface area contributed by atoms with Crippen LogP contribution >= 0.6 is 0 Å². The van der Waals surface area contributed by atoms with Gasteiger partial charge in [0.2, 0.25) is 0 Å². The lowest BCUT2D eigenvalue weighted by molar-refractivity contribution is 0.0600. The van der Waals surface area contributed by atoms with Gasteiger partial charge in [-0.25, -0.2) is 9.18 Å². The Bertz CT molecular complexity index is 533. The van der Waals surface area contributed by atoms with Gasteiger partial charge in [-0.2, -0.15) is 0 Å². The third-order valence-corrected chi connectivity index (χ3v) is 2.39. The van der Waals surface area contributed by atoms with Gasteiger partial charge in [-0.15, -0.1) is 0 Å². The van der Waals surface area contributed by atoms with Crippen LogP contribution in [0.3, 0.4) is 0 Å². The van der Waals surface area contributed by atoms with Crippen molar-refractivity contribution < 1.29 is 18.3 Å². The lowest BCUT2D eigenvalue weighted by Crippen LogP contribution is -2.00. The van der Waals surface area contributed by atoms with E-state index < -0.39 is 5.97 Å². The fourth-order valence-electron chi connectivity index (χ4n) is 1.46. The predicted octanol–water partition coefficient (Wildman–Crippen LogP) is 2.82. The first-order valence-electron chi connectivity index (χ1n) is 5.34. The van der Waals surface area contributed by atoms with Crippen molar-refractivity contribution in [2.45, 2.75) is 6.54 Å². The molecule has 2 rings (SSSR count). The summed E-state index contributed by atoms with van der Waals surface area (Å²) in [5.41, 5.74) is 1.14. The largest absolute Gasteiger partial charge is 0.467 e. The van der Waals surface area contributed by atoms with Crippen molar-refractivity contribution in [1.82, 2.24) is 0 Å². The first kappa shape index (κ1) is 12.2. The number of methoxy groups -OCH3 is 1. The standard InChI is InChI=1S/C13H12FNO3/c1-17-13(16)9-6-12(18-8-9)7-15-11-4-2-10(14)3-5-11/h2-6,8,15H,7H2,1H3. The van der Waals surface area contributed by atoms with E-state index in [-0.39, 0.29) is 5.82 Å². The van der Waals surface area contributed by atoms with E-state index >= 15 is 0 Å². The van der Waals surface area contributed by atoms with Gasteiger partial charge in [0.1, 0.15) is 17.8 Å². The van der Waals surface area contributed by atoms with Crippen molar-refractivity contribution in [3.63, 3.8) is 0 Å². The summed E-state index contributed by atoms with van der Waals surface area (Å²) in [6.45, 7) is 0.405. The highest BCUT2D eigenvalue weighted by atomic mass is 19.1. The molecule has 0 unspecified atom stereocenters. The van der Waals surface area contributed by atoms with E-state index in [1.807, 2.05) is 0 Å². The average Bonchev–Trinajstić information content (AvgIpc) is 2.86. The zero-order valence-electron chi connectivity index (χ0n) is 9.77. The Morgan fingerprint density at radius 3 is 2.78 bits per heavy atom. The molecule has 0 aliphatic rings. The highest BCUT2D eigenvalue weighted by Gasteiger charge is 2.09. The van der Waals surface area contributed by atoms with Gasteiger partial charge in [0.05, 0.1) is 19.2 Å². The molecule has 0 bridgehead atoms. The number of carbonyl (C=O) groups excluding carboxylic acids is 1. The van der Waals surface area contributed by atoms with Gasteiger partial charge in [0, 0.05) is 5.69 Å². The van der Waals surface area contributed by atoms with Crippen LogP contribution in [0.1, 0.15) is 16.1 Å². The number of furan rings is 1. The fraction of sp³-hybridized carbons (Fsp3) is 0.154. The highest BCUT2D eigenvalue weighted by molar-refractivity contribution is 5.88. The highest BCUT2D eigenvalue weighted by Crippen LogP contribution is 2.13. The van der Waals surface area contributed by atoms with Gasteiger partial charge < -0.3 is 14.5 Å². The Morgan fingerprint density at radius 2 is 2.11 bits per heavy atom. The van der Waals surface area contributed by atoms with Crippen molar-refractivity contribution in [2.75, 3.05) is 12.4 Å². The number of ether oxygens (including phenoxy) is 1. The number of hydrogen-bond acceptors (Lipinski definition) is 4. The second-order valence-corrected chi connectivity index (χ2v) is 3.65. The molecule has 4 nitrogen and oxygen atoms in total. The van der Waals surface area contributed by atoms with Crippen LogP contribution < -0.4 is 5.32 Å². The lowest BCUT2D eigenvalue weighted by Gasteiger charge is -2.03. The Balaban J connectivity index is 1.96. The number of esters is 1. The second-order valence-electron chi connectivity index (χ2n) is 3.65. The molecule has 1 aromatic carbocycles. The number of carbonyl (C=O) groups is 1. The fourth-order valence-corrected chi connectivity index (χ4v) is 1.46. The van der Waals surface area contributed by atoms with Gasteiger partial charge in [-0.3, -0.25) is 0 Å². The molecule has 0 aliphatic carbocycles. The van der Waals surface area contributed by atoms with Gasteiger partial charge in [0.15, 0.2) is 0 Å². The van der Waals surface area contributed by atoms with Crippen LogP contribution in [-0.2, 0) is 11.3 Å². The number of rotatable bonds is 4. The summed E-state index contributed by atoms with van der Waals surface area (Å²) in [5.74, 6) is -0.127. The van der Waals surface area contributed by atoms with Crippen molar-refractivity contribution in [3.05, 3.63) is 53.7 Å². The van der Waals surface area contributed by atoms with Crippen LogP contribution in [0.5, 0.6) is 0 Å². The molecular formula is C13H12FNO3. The van der Waals surface area contributed by atoms with Gasteiger partial charge in [0.25, 0.3) is 0 Å². The van der Waals surface area contributed by atoms with Crippen LogP contribution in [0, 0.1) is 5.82 Å². The molecule has 1 N–H and O–H groups in total. The topological polar surface area (TPSA) is 51.5 Å². The molecule has 5 heteroatoms. The number of halogens is 1. The average molecular weight is 249 g/mol. The Hall–Kier alpha value is -2.30. The minimum atomic E-state index is -0.438. The number of benzene rings is 1. The number of hydrogen-bond donors (Lipinski definition) is 1. The van der Waals surface area contributed by atoms with E-state index in [1.54, 1.807) is 18.2 Å². The third-order valence-electron chi connectivity index (χ3n) is 2.39. The SMILES string of the molecule is COC(=O)c1coc(CNc2ccc(F)cc2)c1. The van der Waals surface area contributed by atoms with Crippen LogP contribution in [0.4, 0.5) is 10.1 Å². The normalized spacial score (nSPS) is 10.1. The minimum Gasteiger partial charge on any atom is -0.467 e. The molecule has 94 valence electrons. The van der Waals surface area contributed by atoms with E-state index in [0.29, 0.717) is 17.9 Å². The van der Waals surface area contributed by atoms with Gasteiger partial charge in [-0.1, -0.05) is 0 Å². The summed E-state index contributed by atoms with van der Waals surface area (Å²) in [7, 11) is 1.31. The molecular weight excluding hydrogens is 237 g/mol. The Kier molecular flexibility index (Phi) is 3.62. The minimum absolute atomic E-state index is 0.286. The van der Waals surface area contributed by atoms with Crippen LogP contribution in [0.2, 0.25) is 0 Å². The zero-order chi connectivity index (χ0) is 13.0. The van der Waals surface area contributed by atoms with E-state index in [2.05, 4.69) is 10.1 Å². The lowest BCUT2D eigenvalue weighted by atomic mass is 10.3. The monoisotopic (exact) mass is 249 g/mol. The maximum Gasteiger partial charge on any atom is 0.341 e. The molecule has 18 heavy (non-hydrogen) atoms. The molecule has 0 aliphatic heterocycles. The van der Waals surface area contributed by atoms with Crippen molar-refractivity contribution in [2.24, 2.45) is 0 Å². The van der Waals surface area contributed by atoms with Crippen LogP contribution in [0.15, 0.2) is 41.0 Å². The molecule has 1 aromatic heterocycles. The maximum absolute atomic E-state index is 12.7. The van der Waals surface area contributed by atoms with Gasteiger partial charge in [-0.05, 0) is 30.3 Å². The molecule has 2 aromatic rings. The molecule has 0 atom stereocenters.